The molecular weight excluding hydrogens is 422 g/mol. The average Bonchev–Trinajstić information content (AvgIpc) is 3.32. The number of rotatable bonds is 3. The summed E-state index contributed by atoms with van der Waals surface area (Å²) in [5.74, 6) is 0.0390. The van der Waals surface area contributed by atoms with Crippen LogP contribution in [0.3, 0.4) is 0 Å². The standard InChI is InChI=1S/C25H27N3OS2/c1-3-27-20-11-7-8-12-21(20)30-24(27)22-23(29)28(19-15-13-17(2)14-16-19)25(31-22)26-18-9-5-4-6-10-18/h7-8,11-16,18H,3-6,9-10H2,1-2H3/b24-22-,26-25?. The summed E-state index contributed by atoms with van der Waals surface area (Å²) in [6.45, 7) is 5.04. The minimum Gasteiger partial charge on any atom is -0.334 e. The molecule has 0 aromatic heterocycles. The fraction of sp³-hybridized carbons (Fsp3) is 0.360. The van der Waals surface area contributed by atoms with Gasteiger partial charge in [0.1, 0.15) is 9.93 Å². The molecule has 5 rings (SSSR count). The number of aliphatic imine (C=N–C) groups is 1. The van der Waals surface area contributed by atoms with Crippen molar-refractivity contribution in [1.82, 2.24) is 0 Å². The fourth-order valence-electron chi connectivity index (χ4n) is 4.39. The predicted molar refractivity (Wildman–Crippen MR) is 133 cm³/mol. The third kappa shape index (κ3) is 3.92. The van der Waals surface area contributed by atoms with E-state index in [1.165, 1.54) is 35.4 Å². The van der Waals surface area contributed by atoms with Crippen LogP contribution in [0.4, 0.5) is 11.4 Å². The zero-order chi connectivity index (χ0) is 21.4. The molecule has 1 saturated heterocycles. The van der Waals surface area contributed by atoms with Gasteiger partial charge in [0.25, 0.3) is 5.91 Å². The van der Waals surface area contributed by atoms with Crippen molar-refractivity contribution in [2.75, 3.05) is 16.3 Å². The number of aryl methyl sites for hydroxylation is 1. The van der Waals surface area contributed by atoms with E-state index < -0.39 is 0 Å². The van der Waals surface area contributed by atoms with E-state index in [-0.39, 0.29) is 5.91 Å². The molecule has 0 N–H and O–H groups in total. The Balaban J connectivity index is 1.57. The third-order valence-corrected chi connectivity index (χ3v) is 8.42. The molecule has 0 spiro atoms. The molecule has 2 heterocycles. The number of amides is 1. The van der Waals surface area contributed by atoms with Crippen molar-refractivity contribution in [2.45, 2.75) is 56.9 Å². The zero-order valence-electron chi connectivity index (χ0n) is 18.0. The Bertz CT molecular complexity index is 1050. The summed E-state index contributed by atoms with van der Waals surface area (Å²) >= 11 is 3.25. The van der Waals surface area contributed by atoms with E-state index in [1.807, 2.05) is 17.0 Å². The fourth-order valence-corrected chi connectivity index (χ4v) is 6.84. The summed E-state index contributed by atoms with van der Waals surface area (Å²) in [7, 11) is 0. The third-order valence-electron chi connectivity index (χ3n) is 6.06. The first-order chi connectivity index (χ1) is 15.2. The van der Waals surface area contributed by atoms with E-state index in [9.17, 15) is 4.79 Å². The van der Waals surface area contributed by atoms with Gasteiger partial charge in [0.2, 0.25) is 0 Å². The van der Waals surface area contributed by atoms with Crippen molar-refractivity contribution < 1.29 is 4.79 Å². The van der Waals surface area contributed by atoms with Crippen molar-refractivity contribution in [1.29, 1.82) is 0 Å². The summed E-state index contributed by atoms with van der Waals surface area (Å²) in [5, 5.41) is 1.86. The van der Waals surface area contributed by atoms with Crippen LogP contribution in [0.5, 0.6) is 0 Å². The lowest BCUT2D eigenvalue weighted by atomic mass is 9.96. The number of para-hydroxylation sites is 1. The Hall–Kier alpha value is -2.18. The number of anilines is 2. The highest BCUT2D eigenvalue weighted by molar-refractivity contribution is 8.20. The second kappa shape index (κ2) is 8.75. The van der Waals surface area contributed by atoms with E-state index in [2.05, 4.69) is 55.1 Å². The number of hydrogen-bond acceptors (Lipinski definition) is 5. The first-order valence-electron chi connectivity index (χ1n) is 11.1. The van der Waals surface area contributed by atoms with Crippen molar-refractivity contribution in [3.05, 3.63) is 64.0 Å². The molecule has 2 aliphatic heterocycles. The van der Waals surface area contributed by atoms with Crippen LogP contribution in [0.2, 0.25) is 0 Å². The molecule has 0 atom stereocenters. The van der Waals surface area contributed by atoms with Crippen LogP contribution in [-0.2, 0) is 4.79 Å². The summed E-state index contributed by atoms with van der Waals surface area (Å²) in [5.41, 5.74) is 3.27. The maximum Gasteiger partial charge on any atom is 0.274 e. The van der Waals surface area contributed by atoms with Crippen molar-refractivity contribution in [3.63, 3.8) is 0 Å². The van der Waals surface area contributed by atoms with Gasteiger partial charge in [-0.3, -0.25) is 14.7 Å². The van der Waals surface area contributed by atoms with Gasteiger partial charge >= 0.3 is 0 Å². The van der Waals surface area contributed by atoms with Gasteiger partial charge in [-0.05, 0) is 62.7 Å². The van der Waals surface area contributed by atoms with E-state index in [4.69, 9.17) is 4.99 Å². The largest absolute Gasteiger partial charge is 0.334 e. The van der Waals surface area contributed by atoms with Gasteiger partial charge in [0.05, 0.1) is 17.4 Å². The summed E-state index contributed by atoms with van der Waals surface area (Å²) < 4.78 is 0. The maximum atomic E-state index is 13.8. The Morgan fingerprint density at radius 1 is 1.00 bits per heavy atom. The Labute approximate surface area is 192 Å². The molecule has 31 heavy (non-hydrogen) atoms. The van der Waals surface area contributed by atoms with E-state index in [0.717, 1.165) is 40.2 Å². The lowest BCUT2D eigenvalue weighted by Gasteiger charge is -2.21. The maximum absolute atomic E-state index is 13.8. The molecule has 1 aliphatic carbocycles. The van der Waals surface area contributed by atoms with Crippen LogP contribution in [0, 0.1) is 6.92 Å². The minimum atomic E-state index is 0.0390. The van der Waals surface area contributed by atoms with Crippen LogP contribution in [0.1, 0.15) is 44.6 Å². The molecule has 160 valence electrons. The molecule has 2 aromatic rings. The van der Waals surface area contributed by atoms with Gasteiger partial charge in [0.15, 0.2) is 5.17 Å². The number of benzene rings is 2. The molecule has 3 aliphatic rings. The van der Waals surface area contributed by atoms with Gasteiger partial charge in [-0.15, -0.1) is 0 Å². The van der Waals surface area contributed by atoms with Crippen molar-refractivity contribution in [3.8, 4) is 0 Å². The zero-order valence-corrected chi connectivity index (χ0v) is 19.6. The predicted octanol–water partition coefficient (Wildman–Crippen LogP) is 6.56. The molecule has 0 unspecified atom stereocenters. The number of nitrogens with zero attached hydrogens (tertiary/aromatic N) is 3. The van der Waals surface area contributed by atoms with E-state index >= 15 is 0 Å². The van der Waals surface area contributed by atoms with Gasteiger partial charge in [-0.1, -0.05) is 60.9 Å². The number of hydrogen-bond donors (Lipinski definition) is 0. The average molecular weight is 450 g/mol. The second-order valence-corrected chi connectivity index (χ2v) is 10.2. The number of thioether (sulfide) groups is 2. The molecule has 0 radical (unpaired) electrons. The normalized spacial score (nSPS) is 23.2. The monoisotopic (exact) mass is 449 g/mol. The van der Waals surface area contributed by atoms with E-state index in [0.29, 0.717) is 6.04 Å². The number of amidine groups is 1. The van der Waals surface area contributed by atoms with Crippen LogP contribution in [-0.4, -0.2) is 23.7 Å². The summed E-state index contributed by atoms with van der Waals surface area (Å²) in [4.78, 5) is 25.0. The van der Waals surface area contributed by atoms with Crippen LogP contribution in [0.15, 0.2) is 68.4 Å². The molecule has 2 aromatic carbocycles. The molecule has 2 fully saturated rings. The Morgan fingerprint density at radius 2 is 1.74 bits per heavy atom. The highest BCUT2D eigenvalue weighted by atomic mass is 32.2. The highest BCUT2D eigenvalue weighted by Gasteiger charge is 2.40. The highest BCUT2D eigenvalue weighted by Crippen LogP contribution is 2.51. The molecule has 1 saturated carbocycles. The summed E-state index contributed by atoms with van der Waals surface area (Å²) in [6.07, 6.45) is 5.99. The number of carbonyl (C=O) groups is 1. The SMILES string of the molecule is CCN1/C(=C2/SC(=NC3CCCCC3)N(c3ccc(C)cc3)C2=O)Sc2ccccc21. The van der Waals surface area contributed by atoms with Gasteiger partial charge in [-0.25, -0.2) is 0 Å². The smallest absolute Gasteiger partial charge is 0.274 e. The van der Waals surface area contributed by atoms with Crippen molar-refractivity contribution >= 4 is 46.0 Å². The number of carbonyl (C=O) groups excluding carboxylic acids is 1. The van der Waals surface area contributed by atoms with Crippen LogP contribution < -0.4 is 9.80 Å². The number of fused-ring (bicyclic) bond motifs is 1. The first-order valence-corrected chi connectivity index (χ1v) is 12.7. The van der Waals surface area contributed by atoms with Gasteiger partial charge in [-0.2, -0.15) is 0 Å². The molecular formula is C25H27N3OS2. The lowest BCUT2D eigenvalue weighted by molar-refractivity contribution is -0.113. The topological polar surface area (TPSA) is 35.9 Å². The molecule has 0 bridgehead atoms. The summed E-state index contributed by atoms with van der Waals surface area (Å²) in [6, 6.07) is 16.9. The second-order valence-electron chi connectivity index (χ2n) is 8.23. The van der Waals surface area contributed by atoms with Crippen molar-refractivity contribution in [2.24, 2.45) is 4.99 Å². The molecule has 6 heteroatoms. The minimum absolute atomic E-state index is 0.0390. The van der Waals surface area contributed by atoms with E-state index in [1.54, 1.807) is 23.5 Å². The Morgan fingerprint density at radius 3 is 2.48 bits per heavy atom. The lowest BCUT2D eigenvalue weighted by Crippen LogP contribution is -2.31. The quantitative estimate of drug-likeness (QED) is 0.497. The molecule has 4 nitrogen and oxygen atoms in total. The van der Waals surface area contributed by atoms with Gasteiger partial charge < -0.3 is 4.90 Å². The van der Waals surface area contributed by atoms with Crippen LogP contribution >= 0.6 is 23.5 Å². The van der Waals surface area contributed by atoms with Crippen LogP contribution in [0.25, 0.3) is 0 Å². The Kier molecular flexibility index (Phi) is 5.85. The first kappa shape index (κ1) is 20.7. The van der Waals surface area contributed by atoms with Gasteiger partial charge in [0, 0.05) is 11.4 Å². The molecule has 1 amide bonds.